The molecule has 4 heteroatoms. The Morgan fingerprint density at radius 1 is 1.53 bits per heavy atom. The highest BCUT2D eigenvalue weighted by Crippen LogP contribution is 2.19. The van der Waals surface area contributed by atoms with Crippen LogP contribution in [0.15, 0.2) is 28.7 Å². The standard InChI is InChI=1S/C13H16BrNO2/c1-9-5-6-12(17-9)13(16)15-8-10-3-2-4-11(14)7-10/h2-4,7,9,12H,5-6,8H2,1H3,(H,15,16). The van der Waals surface area contributed by atoms with Crippen molar-refractivity contribution in [3.05, 3.63) is 34.3 Å². The maximum absolute atomic E-state index is 11.8. The molecule has 0 radical (unpaired) electrons. The molecule has 1 N–H and O–H groups in total. The fourth-order valence-corrected chi connectivity index (χ4v) is 2.39. The minimum Gasteiger partial charge on any atom is -0.365 e. The number of carbonyl (C=O) groups is 1. The van der Waals surface area contributed by atoms with Crippen LogP contribution in [-0.4, -0.2) is 18.1 Å². The van der Waals surface area contributed by atoms with Crippen LogP contribution >= 0.6 is 15.9 Å². The molecule has 2 rings (SSSR count). The van der Waals surface area contributed by atoms with E-state index in [-0.39, 0.29) is 18.1 Å². The summed E-state index contributed by atoms with van der Waals surface area (Å²) in [5.74, 6) is -0.00525. The SMILES string of the molecule is CC1CCC(C(=O)NCc2cccc(Br)c2)O1. The molecule has 0 saturated carbocycles. The molecule has 1 aliphatic rings. The first-order chi connectivity index (χ1) is 8.15. The molecular formula is C13H16BrNO2. The summed E-state index contributed by atoms with van der Waals surface area (Å²) in [6, 6.07) is 7.91. The van der Waals surface area contributed by atoms with E-state index >= 15 is 0 Å². The molecule has 92 valence electrons. The first kappa shape index (κ1) is 12.6. The van der Waals surface area contributed by atoms with Crippen LogP contribution in [0.2, 0.25) is 0 Å². The van der Waals surface area contributed by atoms with Crippen LogP contribution in [0.5, 0.6) is 0 Å². The molecule has 2 atom stereocenters. The number of rotatable bonds is 3. The van der Waals surface area contributed by atoms with Crippen LogP contribution in [0.25, 0.3) is 0 Å². The predicted molar refractivity (Wildman–Crippen MR) is 69.6 cm³/mol. The summed E-state index contributed by atoms with van der Waals surface area (Å²) in [7, 11) is 0. The smallest absolute Gasteiger partial charge is 0.249 e. The van der Waals surface area contributed by atoms with Gasteiger partial charge in [-0.05, 0) is 37.5 Å². The molecule has 0 spiro atoms. The number of halogens is 1. The minimum atomic E-state index is -0.267. The lowest BCUT2D eigenvalue weighted by Crippen LogP contribution is -2.34. The van der Waals surface area contributed by atoms with Crippen LogP contribution in [0.4, 0.5) is 0 Å². The Morgan fingerprint density at radius 2 is 2.35 bits per heavy atom. The van der Waals surface area contributed by atoms with E-state index in [1.807, 2.05) is 31.2 Å². The van der Waals surface area contributed by atoms with Gasteiger partial charge in [0.1, 0.15) is 6.10 Å². The van der Waals surface area contributed by atoms with Crippen molar-refractivity contribution in [1.82, 2.24) is 5.32 Å². The van der Waals surface area contributed by atoms with Gasteiger partial charge in [-0.3, -0.25) is 4.79 Å². The number of benzene rings is 1. The lowest BCUT2D eigenvalue weighted by Gasteiger charge is -2.11. The lowest BCUT2D eigenvalue weighted by atomic mass is 10.2. The van der Waals surface area contributed by atoms with E-state index < -0.39 is 0 Å². The molecule has 3 nitrogen and oxygen atoms in total. The molecular weight excluding hydrogens is 282 g/mol. The van der Waals surface area contributed by atoms with Gasteiger partial charge in [0.2, 0.25) is 5.91 Å². The third-order valence-corrected chi connectivity index (χ3v) is 3.37. The largest absolute Gasteiger partial charge is 0.365 e. The zero-order valence-corrected chi connectivity index (χ0v) is 11.4. The first-order valence-electron chi connectivity index (χ1n) is 5.83. The van der Waals surface area contributed by atoms with Gasteiger partial charge in [-0.2, -0.15) is 0 Å². The van der Waals surface area contributed by atoms with Crippen LogP contribution in [-0.2, 0) is 16.1 Å². The summed E-state index contributed by atoms with van der Waals surface area (Å²) in [4.78, 5) is 11.8. The molecule has 1 aromatic rings. The Balaban J connectivity index is 1.84. The monoisotopic (exact) mass is 297 g/mol. The summed E-state index contributed by atoms with van der Waals surface area (Å²) >= 11 is 3.41. The van der Waals surface area contributed by atoms with Gasteiger partial charge in [0, 0.05) is 11.0 Å². The van der Waals surface area contributed by atoms with Gasteiger partial charge in [-0.15, -0.1) is 0 Å². The van der Waals surface area contributed by atoms with E-state index in [0.717, 1.165) is 22.9 Å². The van der Waals surface area contributed by atoms with Gasteiger partial charge in [0.25, 0.3) is 0 Å². The van der Waals surface area contributed by atoms with E-state index in [1.165, 1.54) is 0 Å². The first-order valence-corrected chi connectivity index (χ1v) is 6.62. The summed E-state index contributed by atoms with van der Waals surface area (Å²) in [6.45, 7) is 2.55. The third kappa shape index (κ3) is 3.54. The van der Waals surface area contributed by atoms with E-state index in [0.29, 0.717) is 6.54 Å². The van der Waals surface area contributed by atoms with Crippen LogP contribution in [0.3, 0.4) is 0 Å². The van der Waals surface area contributed by atoms with Gasteiger partial charge in [-0.1, -0.05) is 28.1 Å². The second kappa shape index (κ2) is 5.65. The van der Waals surface area contributed by atoms with Gasteiger partial charge >= 0.3 is 0 Å². The van der Waals surface area contributed by atoms with Crippen molar-refractivity contribution < 1.29 is 9.53 Å². The minimum absolute atomic E-state index is 0.00525. The highest BCUT2D eigenvalue weighted by molar-refractivity contribution is 9.10. The maximum Gasteiger partial charge on any atom is 0.249 e. The lowest BCUT2D eigenvalue weighted by molar-refractivity contribution is -0.131. The fraction of sp³-hybridized carbons (Fsp3) is 0.462. The third-order valence-electron chi connectivity index (χ3n) is 2.88. The summed E-state index contributed by atoms with van der Waals surface area (Å²) in [5.41, 5.74) is 1.08. The number of nitrogens with one attached hydrogen (secondary N) is 1. The molecule has 1 fully saturated rings. The molecule has 1 aromatic carbocycles. The molecule has 2 unspecified atom stereocenters. The number of carbonyl (C=O) groups excluding carboxylic acids is 1. The van der Waals surface area contributed by atoms with Gasteiger partial charge in [0.15, 0.2) is 0 Å². The van der Waals surface area contributed by atoms with Crippen molar-refractivity contribution in [1.29, 1.82) is 0 Å². The summed E-state index contributed by atoms with van der Waals surface area (Å²) in [5, 5.41) is 2.90. The Morgan fingerprint density at radius 3 is 3.00 bits per heavy atom. The predicted octanol–water partition coefficient (Wildman–Crippen LogP) is 2.63. The zero-order valence-electron chi connectivity index (χ0n) is 9.78. The van der Waals surface area contributed by atoms with Gasteiger partial charge in [0.05, 0.1) is 6.10 Å². The quantitative estimate of drug-likeness (QED) is 0.931. The van der Waals surface area contributed by atoms with E-state index in [1.54, 1.807) is 0 Å². The Kier molecular flexibility index (Phi) is 4.18. The van der Waals surface area contributed by atoms with Crippen LogP contribution < -0.4 is 5.32 Å². The second-order valence-corrected chi connectivity index (χ2v) is 5.28. The normalized spacial score (nSPS) is 23.6. The maximum atomic E-state index is 11.8. The molecule has 1 aliphatic heterocycles. The average Bonchev–Trinajstić information content (AvgIpc) is 2.73. The van der Waals surface area contributed by atoms with Crippen molar-refractivity contribution in [3.8, 4) is 0 Å². The molecule has 1 saturated heterocycles. The van der Waals surface area contributed by atoms with Crippen molar-refractivity contribution in [3.63, 3.8) is 0 Å². The van der Waals surface area contributed by atoms with Crippen LogP contribution in [0.1, 0.15) is 25.3 Å². The highest BCUT2D eigenvalue weighted by Gasteiger charge is 2.27. The number of hydrogen-bond donors (Lipinski definition) is 1. The fourth-order valence-electron chi connectivity index (χ4n) is 1.95. The molecule has 0 aliphatic carbocycles. The van der Waals surface area contributed by atoms with E-state index in [9.17, 15) is 4.79 Å². The van der Waals surface area contributed by atoms with Crippen molar-refractivity contribution in [2.24, 2.45) is 0 Å². The Labute approximate surface area is 110 Å². The topological polar surface area (TPSA) is 38.3 Å². The van der Waals surface area contributed by atoms with Crippen molar-refractivity contribution >= 4 is 21.8 Å². The van der Waals surface area contributed by atoms with Gasteiger partial charge < -0.3 is 10.1 Å². The Hall–Kier alpha value is -0.870. The van der Waals surface area contributed by atoms with E-state index in [2.05, 4.69) is 21.2 Å². The highest BCUT2D eigenvalue weighted by atomic mass is 79.9. The van der Waals surface area contributed by atoms with Crippen molar-refractivity contribution in [2.75, 3.05) is 0 Å². The average molecular weight is 298 g/mol. The molecule has 0 aromatic heterocycles. The summed E-state index contributed by atoms with van der Waals surface area (Å²) in [6.07, 6.45) is 1.73. The molecule has 17 heavy (non-hydrogen) atoms. The number of hydrogen-bond acceptors (Lipinski definition) is 2. The summed E-state index contributed by atoms with van der Waals surface area (Å²) < 4.78 is 6.54. The second-order valence-electron chi connectivity index (χ2n) is 4.36. The van der Waals surface area contributed by atoms with Crippen LogP contribution in [0, 0.1) is 0 Å². The molecule has 1 amide bonds. The van der Waals surface area contributed by atoms with E-state index in [4.69, 9.17) is 4.74 Å². The molecule has 0 bridgehead atoms. The Bertz CT molecular complexity index is 408. The zero-order chi connectivity index (χ0) is 12.3. The van der Waals surface area contributed by atoms with Gasteiger partial charge in [-0.25, -0.2) is 0 Å². The molecule has 1 heterocycles. The number of amides is 1. The van der Waals surface area contributed by atoms with Crippen molar-refractivity contribution in [2.45, 2.75) is 38.5 Å². The number of ether oxygens (including phenoxy) is 1.